The quantitative estimate of drug-likeness (QED) is 0.601. The van der Waals surface area contributed by atoms with Crippen LogP contribution in [0.3, 0.4) is 0 Å². The average Bonchev–Trinajstić information content (AvgIpc) is 3.11. The first kappa shape index (κ1) is 21.3. The van der Waals surface area contributed by atoms with Crippen LogP contribution in [0.1, 0.15) is 50.7 Å². The predicted octanol–water partition coefficient (Wildman–Crippen LogP) is 4.63. The van der Waals surface area contributed by atoms with Gasteiger partial charge in [-0.2, -0.15) is 0 Å². The highest BCUT2D eigenvalue weighted by molar-refractivity contribution is 14.0. The summed E-state index contributed by atoms with van der Waals surface area (Å²) in [6.45, 7) is 4.72. The van der Waals surface area contributed by atoms with Gasteiger partial charge in [-0.3, -0.25) is 4.79 Å². The minimum absolute atomic E-state index is 0. The van der Waals surface area contributed by atoms with Gasteiger partial charge in [0.25, 0.3) is 0 Å². The zero-order valence-corrected chi connectivity index (χ0v) is 19.1. The normalized spacial score (nSPS) is 25.7. The Balaban J connectivity index is 0.00000225. The zero-order valence-electron chi connectivity index (χ0n) is 16.7. The van der Waals surface area contributed by atoms with E-state index in [-0.39, 0.29) is 35.3 Å². The molecule has 0 radical (unpaired) electrons. The fourth-order valence-corrected chi connectivity index (χ4v) is 5.47. The van der Waals surface area contributed by atoms with Crippen molar-refractivity contribution < 1.29 is 4.79 Å². The highest BCUT2D eigenvalue weighted by atomic mass is 127. The van der Waals surface area contributed by atoms with E-state index >= 15 is 0 Å². The summed E-state index contributed by atoms with van der Waals surface area (Å²) in [5.74, 6) is 0.186. The van der Waals surface area contributed by atoms with E-state index < -0.39 is 5.41 Å². The molecular formula is C24H31IN2O. The van der Waals surface area contributed by atoms with Crippen molar-refractivity contribution in [2.45, 2.75) is 57.0 Å². The molecular weight excluding hydrogens is 459 g/mol. The molecule has 2 aromatic carbocycles. The molecule has 2 saturated heterocycles. The first-order valence-electron chi connectivity index (χ1n) is 10.1. The van der Waals surface area contributed by atoms with Gasteiger partial charge in [-0.15, -0.1) is 24.0 Å². The van der Waals surface area contributed by atoms with Crippen molar-refractivity contribution in [3.05, 3.63) is 71.8 Å². The summed E-state index contributed by atoms with van der Waals surface area (Å²) in [5.41, 5.74) is 7.53. The smallest absolute Gasteiger partial charge is 0.232 e. The lowest BCUT2D eigenvalue weighted by molar-refractivity contribution is -0.123. The number of primary amides is 1. The molecule has 2 fully saturated rings. The number of rotatable bonds is 5. The van der Waals surface area contributed by atoms with Crippen LogP contribution in [0.4, 0.5) is 0 Å². The Morgan fingerprint density at radius 2 is 1.57 bits per heavy atom. The molecule has 3 atom stereocenters. The van der Waals surface area contributed by atoms with Gasteiger partial charge in [0, 0.05) is 12.1 Å². The van der Waals surface area contributed by atoms with Crippen molar-refractivity contribution in [3.63, 3.8) is 0 Å². The molecule has 3 N–H and O–H groups in total. The maximum Gasteiger partial charge on any atom is 0.232 e. The van der Waals surface area contributed by atoms with E-state index in [2.05, 4.69) is 43.4 Å². The van der Waals surface area contributed by atoms with Crippen LogP contribution in [-0.4, -0.2) is 18.0 Å². The summed E-state index contributed by atoms with van der Waals surface area (Å²) in [6, 6.07) is 21.3. The van der Waals surface area contributed by atoms with Crippen LogP contribution in [0.25, 0.3) is 0 Å². The largest absolute Gasteiger partial charge is 0.369 e. The lowest BCUT2D eigenvalue weighted by Crippen LogP contribution is -2.54. The van der Waals surface area contributed by atoms with E-state index in [1.807, 2.05) is 36.4 Å². The summed E-state index contributed by atoms with van der Waals surface area (Å²) in [5, 5.41) is 3.79. The van der Waals surface area contributed by atoms with Crippen molar-refractivity contribution in [2.24, 2.45) is 17.1 Å². The third-order valence-electron chi connectivity index (χ3n) is 7.27. The van der Waals surface area contributed by atoms with Crippen LogP contribution in [-0.2, 0) is 10.2 Å². The van der Waals surface area contributed by atoms with E-state index in [0.29, 0.717) is 18.0 Å². The van der Waals surface area contributed by atoms with E-state index in [9.17, 15) is 4.79 Å². The van der Waals surface area contributed by atoms with Crippen LogP contribution in [0.15, 0.2) is 60.7 Å². The molecule has 28 heavy (non-hydrogen) atoms. The van der Waals surface area contributed by atoms with E-state index in [0.717, 1.165) is 24.0 Å². The fourth-order valence-electron chi connectivity index (χ4n) is 5.47. The molecule has 3 nitrogen and oxygen atoms in total. The summed E-state index contributed by atoms with van der Waals surface area (Å²) in [4.78, 5) is 13.1. The number of nitrogens with two attached hydrogens (primary N) is 1. The number of carbonyl (C=O) groups excluding carboxylic acids is 1. The maximum absolute atomic E-state index is 13.1. The number of nitrogens with one attached hydrogen (secondary N) is 1. The summed E-state index contributed by atoms with van der Waals surface area (Å²) in [7, 11) is 0. The molecule has 0 saturated carbocycles. The van der Waals surface area contributed by atoms with Crippen LogP contribution in [0.5, 0.6) is 0 Å². The van der Waals surface area contributed by atoms with Gasteiger partial charge in [0.15, 0.2) is 0 Å². The Bertz CT molecular complexity index is 766. The number of benzene rings is 2. The molecule has 0 spiro atoms. The Labute approximate surface area is 185 Å². The second kappa shape index (κ2) is 8.15. The minimum atomic E-state index is -0.790. The first-order valence-corrected chi connectivity index (χ1v) is 10.1. The maximum atomic E-state index is 13.1. The van der Waals surface area contributed by atoms with Gasteiger partial charge in [-0.25, -0.2) is 0 Å². The van der Waals surface area contributed by atoms with Gasteiger partial charge in [0.05, 0.1) is 5.41 Å². The fraction of sp³-hybridized carbons (Fsp3) is 0.458. The zero-order chi connectivity index (χ0) is 19.1. The van der Waals surface area contributed by atoms with Crippen molar-refractivity contribution >= 4 is 29.9 Å². The van der Waals surface area contributed by atoms with E-state index in [1.54, 1.807) is 0 Å². The van der Waals surface area contributed by atoms with Gasteiger partial charge >= 0.3 is 0 Å². The molecule has 2 bridgehead atoms. The second-order valence-electron chi connectivity index (χ2n) is 8.95. The molecule has 1 amide bonds. The lowest BCUT2D eigenvalue weighted by atomic mass is 9.60. The standard InChI is InChI=1S/C24H30N2O.HI/c1-23(2)19(15-20-13-14-21(23)26-20)16-24(22(25)27,17-9-5-3-6-10-17)18-11-7-4-8-12-18;/h3-12,19-21,26H,13-16H2,1-2H3,(H2,25,27);1H. The number of fused-ring (bicyclic) bond motifs is 2. The van der Waals surface area contributed by atoms with Crippen molar-refractivity contribution in [1.82, 2.24) is 5.32 Å². The summed E-state index contributed by atoms with van der Waals surface area (Å²) >= 11 is 0. The van der Waals surface area contributed by atoms with Crippen LogP contribution < -0.4 is 11.1 Å². The van der Waals surface area contributed by atoms with Gasteiger partial charge in [-0.05, 0) is 48.1 Å². The summed E-state index contributed by atoms with van der Waals surface area (Å²) < 4.78 is 0. The van der Waals surface area contributed by atoms with E-state index in [1.165, 1.54) is 12.8 Å². The van der Waals surface area contributed by atoms with Crippen LogP contribution in [0.2, 0.25) is 0 Å². The number of hydrogen-bond donors (Lipinski definition) is 2. The minimum Gasteiger partial charge on any atom is -0.369 e. The second-order valence-corrected chi connectivity index (χ2v) is 8.95. The van der Waals surface area contributed by atoms with Gasteiger partial charge in [0.1, 0.15) is 0 Å². The molecule has 3 unspecified atom stereocenters. The Kier molecular flexibility index (Phi) is 6.20. The van der Waals surface area contributed by atoms with Crippen LogP contribution in [0, 0.1) is 11.3 Å². The van der Waals surface area contributed by atoms with Gasteiger partial charge < -0.3 is 11.1 Å². The Morgan fingerprint density at radius 3 is 2.07 bits per heavy atom. The van der Waals surface area contributed by atoms with Crippen molar-refractivity contribution in [2.75, 3.05) is 0 Å². The average molecular weight is 490 g/mol. The molecule has 0 aliphatic carbocycles. The monoisotopic (exact) mass is 490 g/mol. The molecule has 2 aliphatic rings. The highest BCUT2D eigenvalue weighted by Gasteiger charge is 2.51. The number of carbonyl (C=O) groups is 1. The number of halogens is 1. The summed E-state index contributed by atoms with van der Waals surface area (Å²) in [6.07, 6.45) is 4.34. The van der Waals surface area contributed by atoms with Crippen molar-refractivity contribution in [1.29, 1.82) is 0 Å². The topological polar surface area (TPSA) is 55.1 Å². The van der Waals surface area contributed by atoms with Crippen LogP contribution >= 0.6 is 24.0 Å². The molecule has 4 heteroatoms. The highest BCUT2D eigenvalue weighted by Crippen LogP contribution is 2.51. The Morgan fingerprint density at radius 1 is 1.04 bits per heavy atom. The molecule has 150 valence electrons. The molecule has 2 aliphatic heterocycles. The SMILES string of the molecule is CC1(C)C(CC(C(N)=O)(c2ccccc2)c2ccccc2)CC2CCC1N2.I. The number of hydrogen-bond acceptors (Lipinski definition) is 2. The predicted molar refractivity (Wildman–Crippen MR) is 125 cm³/mol. The molecule has 0 aromatic heterocycles. The molecule has 4 rings (SSSR count). The first-order chi connectivity index (χ1) is 12.9. The number of piperidine rings is 1. The third kappa shape index (κ3) is 3.50. The molecule has 2 aromatic rings. The number of amides is 1. The lowest BCUT2D eigenvalue weighted by Gasteiger charge is -2.48. The van der Waals surface area contributed by atoms with Crippen molar-refractivity contribution in [3.8, 4) is 0 Å². The Hall–Kier alpha value is -1.40. The third-order valence-corrected chi connectivity index (χ3v) is 7.27. The van der Waals surface area contributed by atoms with Gasteiger partial charge in [-0.1, -0.05) is 74.5 Å². The van der Waals surface area contributed by atoms with E-state index in [4.69, 9.17) is 5.73 Å². The molecule has 2 heterocycles. The van der Waals surface area contributed by atoms with Gasteiger partial charge in [0.2, 0.25) is 5.91 Å².